The minimum Gasteiger partial charge on any atom is -0.395 e. The highest BCUT2D eigenvalue weighted by atomic mass is 32.2. The fourth-order valence-electron chi connectivity index (χ4n) is 1.79. The summed E-state index contributed by atoms with van der Waals surface area (Å²) < 4.78 is 28.5. The van der Waals surface area contributed by atoms with Gasteiger partial charge in [-0.25, -0.2) is 8.42 Å². The van der Waals surface area contributed by atoms with E-state index in [-0.39, 0.29) is 24.1 Å². The summed E-state index contributed by atoms with van der Waals surface area (Å²) in [7, 11) is -3.61. The molecule has 0 radical (unpaired) electrons. The van der Waals surface area contributed by atoms with Crippen LogP contribution >= 0.6 is 0 Å². The Morgan fingerprint density at radius 2 is 1.92 bits per heavy atom. The molecule has 1 heterocycles. The highest BCUT2D eigenvalue weighted by molar-refractivity contribution is 7.93. The van der Waals surface area contributed by atoms with Crippen LogP contribution in [0.2, 0.25) is 0 Å². The van der Waals surface area contributed by atoms with Gasteiger partial charge in [0.1, 0.15) is 10.5 Å². The van der Waals surface area contributed by atoms with Crippen LogP contribution in [0.25, 0.3) is 0 Å². The number of hydrogen-bond acceptors (Lipinski definition) is 6. The number of amides is 1. The summed E-state index contributed by atoms with van der Waals surface area (Å²) in [6.07, 6.45) is 0.498. The van der Waals surface area contributed by atoms with E-state index in [0.29, 0.717) is 12.2 Å². The number of aliphatic hydroxyl groups excluding tert-OH is 1. The van der Waals surface area contributed by atoms with Gasteiger partial charge in [0.2, 0.25) is 5.91 Å². The van der Waals surface area contributed by atoms with Gasteiger partial charge in [0.05, 0.1) is 12.4 Å². The molecule has 0 aliphatic heterocycles. The quantitative estimate of drug-likeness (QED) is 0.735. The minimum absolute atomic E-state index is 0.0489. The Labute approximate surface area is 143 Å². The molecule has 2 N–H and O–H groups in total. The van der Waals surface area contributed by atoms with Gasteiger partial charge in [-0.2, -0.15) is 0 Å². The van der Waals surface area contributed by atoms with Crippen LogP contribution in [0.15, 0.2) is 10.6 Å². The zero-order valence-electron chi connectivity index (χ0n) is 15.2. The average Bonchev–Trinajstić information content (AvgIpc) is 2.94. The van der Waals surface area contributed by atoms with Crippen molar-refractivity contribution in [2.24, 2.45) is 5.92 Å². The van der Waals surface area contributed by atoms with E-state index < -0.39 is 25.9 Å². The van der Waals surface area contributed by atoms with Crippen molar-refractivity contribution in [3.05, 3.63) is 11.8 Å². The number of aromatic nitrogens is 1. The van der Waals surface area contributed by atoms with Gasteiger partial charge in [-0.15, -0.1) is 0 Å². The summed E-state index contributed by atoms with van der Waals surface area (Å²) >= 11 is 0. The second-order valence-electron chi connectivity index (χ2n) is 7.58. The van der Waals surface area contributed by atoms with Crippen molar-refractivity contribution < 1.29 is 22.8 Å². The van der Waals surface area contributed by atoms with Gasteiger partial charge in [-0.3, -0.25) is 4.79 Å². The van der Waals surface area contributed by atoms with E-state index in [1.165, 1.54) is 19.9 Å². The van der Waals surface area contributed by atoms with Gasteiger partial charge in [0.15, 0.2) is 15.7 Å². The summed E-state index contributed by atoms with van der Waals surface area (Å²) in [5.74, 6) is 0.0574. The number of rotatable bonds is 8. The summed E-state index contributed by atoms with van der Waals surface area (Å²) in [5, 5.41) is 15.5. The van der Waals surface area contributed by atoms with Crippen LogP contribution < -0.4 is 5.32 Å². The molecule has 0 aliphatic carbocycles. The molecule has 0 atom stereocenters. The molecular formula is C16H28N2O5S. The van der Waals surface area contributed by atoms with Crippen molar-refractivity contribution >= 4 is 21.6 Å². The predicted molar refractivity (Wildman–Crippen MR) is 92.6 cm³/mol. The van der Waals surface area contributed by atoms with Crippen LogP contribution in [-0.2, 0) is 20.0 Å². The summed E-state index contributed by atoms with van der Waals surface area (Å²) in [6.45, 7) is 10.0. The second-order valence-corrected chi connectivity index (χ2v) is 10.2. The second kappa shape index (κ2) is 7.23. The van der Waals surface area contributed by atoms with E-state index in [2.05, 4.69) is 10.5 Å². The van der Waals surface area contributed by atoms with Gasteiger partial charge in [0.25, 0.3) is 0 Å². The minimum atomic E-state index is -3.61. The van der Waals surface area contributed by atoms with Crippen molar-refractivity contribution in [1.29, 1.82) is 0 Å². The lowest BCUT2D eigenvalue weighted by atomic mass is 9.92. The zero-order chi connectivity index (χ0) is 18.8. The lowest BCUT2D eigenvalue weighted by Gasteiger charge is -2.23. The van der Waals surface area contributed by atoms with E-state index in [9.17, 15) is 18.3 Å². The van der Waals surface area contributed by atoms with Gasteiger partial charge in [-0.05, 0) is 26.2 Å². The molecule has 1 aromatic rings. The van der Waals surface area contributed by atoms with E-state index in [1.54, 1.807) is 13.8 Å². The van der Waals surface area contributed by atoms with Crippen molar-refractivity contribution in [3.8, 4) is 0 Å². The number of aliphatic hydroxyl groups is 1. The average molecular weight is 360 g/mol. The van der Waals surface area contributed by atoms with Crippen LogP contribution in [-0.4, -0.2) is 41.7 Å². The first kappa shape index (κ1) is 20.6. The van der Waals surface area contributed by atoms with Crippen molar-refractivity contribution in [2.45, 2.75) is 58.1 Å². The lowest BCUT2D eigenvalue weighted by molar-refractivity contribution is -0.117. The largest absolute Gasteiger partial charge is 0.395 e. The number of nitrogens with one attached hydrogen (secondary N) is 1. The van der Waals surface area contributed by atoms with E-state index >= 15 is 0 Å². The molecule has 0 saturated heterocycles. The Bertz CT molecular complexity index is 674. The fourth-order valence-corrected chi connectivity index (χ4v) is 3.41. The van der Waals surface area contributed by atoms with Crippen LogP contribution in [0.5, 0.6) is 0 Å². The van der Waals surface area contributed by atoms with Crippen molar-refractivity contribution in [2.75, 3.05) is 17.7 Å². The van der Waals surface area contributed by atoms with Gasteiger partial charge in [-0.1, -0.05) is 32.9 Å². The maximum absolute atomic E-state index is 12.5. The van der Waals surface area contributed by atoms with Crippen LogP contribution in [0.4, 0.5) is 5.82 Å². The summed E-state index contributed by atoms with van der Waals surface area (Å²) in [4.78, 5) is 12.4. The topological polar surface area (TPSA) is 110 Å². The van der Waals surface area contributed by atoms with Gasteiger partial charge in [0, 0.05) is 11.5 Å². The molecule has 0 fully saturated rings. The summed E-state index contributed by atoms with van der Waals surface area (Å²) in [5.41, 5.74) is -0.644. The lowest BCUT2D eigenvalue weighted by Crippen LogP contribution is -2.45. The highest BCUT2D eigenvalue weighted by Gasteiger charge is 2.41. The third kappa shape index (κ3) is 4.57. The van der Waals surface area contributed by atoms with E-state index in [0.717, 1.165) is 0 Å². The molecule has 0 spiro atoms. The molecule has 7 nitrogen and oxygen atoms in total. The molecular weight excluding hydrogens is 332 g/mol. The molecule has 0 unspecified atom stereocenters. The molecule has 8 heteroatoms. The maximum Gasteiger partial charge on any atom is 0.246 e. The SMILES string of the molecule is CC(C)CCS(=O)(=O)C(C)(C)C(=O)Nc1cc(C(C)(C)CO)on1. The smallest absolute Gasteiger partial charge is 0.246 e. The molecule has 1 amide bonds. The molecule has 24 heavy (non-hydrogen) atoms. The normalized spacial score (nSPS) is 13.3. The predicted octanol–water partition coefficient (Wildman–Crippen LogP) is 2.12. The first-order valence-corrected chi connectivity index (χ1v) is 9.60. The number of nitrogens with zero attached hydrogens (tertiary/aromatic N) is 1. The van der Waals surface area contributed by atoms with Crippen molar-refractivity contribution in [1.82, 2.24) is 5.16 Å². The molecule has 138 valence electrons. The molecule has 1 rings (SSSR count). The third-order valence-corrected chi connectivity index (χ3v) is 6.62. The van der Waals surface area contributed by atoms with Gasteiger partial charge < -0.3 is 14.9 Å². The zero-order valence-corrected chi connectivity index (χ0v) is 16.0. The number of sulfone groups is 1. The third-order valence-electron chi connectivity index (χ3n) is 4.10. The Balaban J connectivity index is 2.90. The Morgan fingerprint density at radius 3 is 2.42 bits per heavy atom. The molecule has 0 bridgehead atoms. The highest BCUT2D eigenvalue weighted by Crippen LogP contribution is 2.26. The standard InChI is InChI=1S/C16H28N2O5S/c1-11(2)7-8-24(21,22)16(5,6)14(20)17-13-9-12(23-18-13)15(3,4)10-19/h9,11,19H,7-8,10H2,1-6H3,(H,17,18,20). The van der Waals surface area contributed by atoms with E-state index in [1.807, 2.05) is 13.8 Å². The first-order chi connectivity index (χ1) is 10.8. The number of carbonyl (C=O) groups excluding carboxylic acids is 1. The maximum atomic E-state index is 12.5. The van der Waals surface area contributed by atoms with Crippen LogP contribution in [0.3, 0.4) is 0 Å². The Kier molecular flexibility index (Phi) is 6.21. The first-order valence-electron chi connectivity index (χ1n) is 7.95. The molecule has 0 aliphatic rings. The molecule has 1 aromatic heterocycles. The van der Waals surface area contributed by atoms with Crippen LogP contribution in [0.1, 0.15) is 53.7 Å². The number of hydrogen-bond donors (Lipinski definition) is 2. The molecule has 0 saturated carbocycles. The summed E-state index contributed by atoms with van der Waals surface area (Å²) in [6, 6.07) is 1.49. The molecule has 0 aromatic carbocycles. The Hall–Kier alpha value is -1.41. The Morgan fingerprint density at radius 1 is 1.33 bits per heavy atom. The number of carbonyl (C=O) groups is 1. The monoisotopic (exact) mass is 360 g/mol. The van der Waals surface area contributed by atoms with Gasteiger partial charge >= 0.3 is 0 Å². The fraction of sp³-hybridized carbons (Fsp3) is 0.750. The number of anilines is 1. The van der Waals surface area contributed by atoms with E-state index in [4.69, 9.17) is 4.52 Å². The van der Waals surface area contributed by atoms with Crippen molar-refractivity contribution in [3.63, 3.8) is 0 Å². The van der Waals surface area contributed by atoms with Crippen LogP contribution in [0, 0.1) is 5.92 Å².